The highest BCUT2D eigenvalue weighted by atomic mass is 32.1. The lowest BCUT2D eigenvalue weighted by atomic mass is 9.49. The van der Waals surface area contributed by atoms with Crippen molar-refractivity contribution in [2.75, 3.05) is 5.32 Å². The summed E-state index contributed by atoms with van der Waals surface area (Å²) in [4.78, 5) is 24.1. The van der Waals surface area contributed by atoms with Crippen molar-refractivity contribution in [1.82, 2.24) is 5.32 Å². The van der Waals surface area contributed by atoms with Crippen molar-refractivity contribution in [3.63, 3.8) is 0 Å². The molecule has 4 aliphatic carbocycles. The summed E-state index contributed by atoms with van der Waals surface area (Å²) in [6.07, 6.45) is 8.22. The number of thiocarbonyl (C=S) groups is 1. The van der Waals surface area contributed by atoms with Gasteiger partial charge in [-0.3, -0.25) is 9.59 Å². The molecule has 0 aliphatic heterocycles. The topological polar surface area (TPSA) is 84.2 Å². The van der Waals surface area contributed by atoms with Gasteiger partial charge in [-0.25, -0.2) is 0 Å². The Labute approximate surface area is 159 Å². The predicted molar refractivity (Wildman–Crippen MR) is 105 cm³/mol. The molecule has 138 valence electrons. The molecular weight excluding hydrogens is 346 g/mol. The van der Waals surface area contributed by atoms with Gasteiger partial charge in [0.25, 0.3) is 5.91 Å². The minimum Gasteiger partial charge on any atom is -0.366 e. The van der Waals surface area contributed by atoms with Crippen LogP contribution < -0.4 is 16.4 Å². The zero-order valence-corrected chi connectivity index (χ0v) is 15.6. The number of nitrogens with one attached hydrogen (secondary N) is 2. The number of primary amides is 1. The first-order chi connectivity index (χ1) is 12.4. The molecule has 0 radical (unpaired) electrons. The number of hydrogen-bond donors (Lipinski definition) is 3. The molecule has 4 bridgehead atoms. The molecule has 0 saturated heterocycles. The fourth-order valence-corrected chi connectivity index (χ4v) is 6.20. The summed E-state index contributed by atoms with van der Waals surface area (Å²) >= 11 is 5.27. The number of rotatable bonds is 4. The Morgan fingerprint density at radius 3 is 2.23 bits per heavy atom. The molecule has 4 fully saturated rings. The quantitative estimate of drug-likeness (QED) is 0.710. The van der Waals surface area contributed by atoms with Gasteiger partial charge in [0, 0.05) is 6.42 Å². The van der Waals surface area contributed by atoms with E-state index >= 15 is 0 Å². The first kappa shape index (κ1) is 17.5. The highest BCUT2D eigenvalue weighted by molar-refractivity contribution is 7.80. The van der Waals surface area contributed by atoms with E-state index in [0.29, 0.717) is 17.7 Å². The first-order valence-corrected chi connectivity index (χ1v) is 9.83. The molecule has 2 amide bonds. The smallest absolute Gasteiger partial charge is 0.250 e. The van der Waals surface area contributed by atoms with Crippen molar-refractivity contribution in [3.8, 4) is 0 Å². The standard InChI is InChI=1S/C20H25N3O2S/c21-18(25)15-3-1-2-4-16(15)22-19(26)23-17(24)11-20-8-12-5-13(9-20)7-14(6-12)10-20/h1-4,12-14H,5-11H2,(H2,21,25)(H2,22,23,24,26). The molecule has 4 N–H and O–H groups in total. The van der Waals surface area contributed by atoms with Crippen LogP contribution in [0, 0.1) is 23.2 Å². The Morgan fingerprint density at radius 2 is 1.65 bits per heavy atom. The molecule has 5 nitrogen and oxygen atoms in total. The normalized spacial score (nSPS) is 31.5. The second-order valence-electron chi connectivity index (χ2n) is 8.51. The van der Waals surface area contributed by atoms with Gasteiger partial charge in [-0.05, 0) is 86.0 Å². The van der Waals surface area contributed by atoms with Crippen LogP contribution in [0.1, 0.15) is 55.3 Å². The lowest BCUT2D eigenvalue weighted by molar-refractivity contribution is -0.127. The minimum absolute atomic E-state index is 0.0268. The maximum Gasteiger partial charge on any atom is 0.250 e. The van der Waals surface area contributed by atoms with Crippen LogP contribution in [-0.2, 0) is 4.79 Å². The number of carbonyl (C=O) groups is 2. The van der Waals surface area contributed by atoms with Crippen molar-refractivity contribution in [3.05, 3.63) is 29.8 Å². The van der Waals surface area contributed by atoms with E-state index in [0.717, 1.165) is 17.8 Å². The summed E-state index contributed by atoms with van der Waals surface area (Å²) < 4.78 is 0. The van der Waals surface area contributed by atoms with E-state index in [1.165, 1.54) is 38.5 Å². The molecular formula is C20H25N3O2S. The summed E-state index contributed by atoms with van der Waals surface area (Å²) in [7, 11) is 0. The van der Waals surface area contributed by atoms with Gasteiger partial charge in [0.15, 0.2) is 5.11 Å². The Balaban J connectivity index is 1.37. The Kier molecular flexibility index (Phi) is 4.47. The SMILES string of the molecule is NC(=O)c1ccccc1NC(=S)NC(=O)CC12CC3CC(CC(C3)C1)C2. The van der Waals surface area contributed by atoms with Gasteiger partial charge in [-0.2, -0.15) is 0 Å². The molecule has 0 atom stereocenters. The van der Waals surface area contributed by atoms with Crippen molar-refractivity contribution in [2.24, 2.45) is 28.9 Å². The predicted octanol–water partition coefficient (Wildman–Crippen LogP) is 3.21. The molecule has 0 aromatic heterocycles. The Hall–Kier alpha value is -1.95. The van der Waals surface area contributed by atoms with E-state index < -0.39 is 5.91 Å². The number of hydrogen-bond acceptors (Lipinski definition) is 3. The fraction of sp³-hybridized carbons (Fsp3) is 0.550. The molecule has 6 heteroatoms. The van der Waals surface area contributed by atoms with Gasteiger partial charge in [-0.15, -0.1) is 0 Å². The van der Waals surface area contributed by atoms with Crippen molar-refractivity contribution in [2.45, 2.75) is 44.9 Å². The number of para-hydroxylation sites is 1. The summed E-state index contributed by atoms with van der Waals surface area (Å²) in [5.74, 6) is 1.90. The molecule has 26 heavy (non-hydrogen) atoms. The second kappa shape index (κ2) is 6.65. The monoisotopic (exact) mass is 371 g/mol. The number of nitrogens with two attached hydrogens (primary N) is 1. The van der Waals surface area contributed by atoms with Crippen LogP contribution in [0.2, 0.25) is 0 Å². The van der Waals surface area contributed by atoms with E-state index in [2.05, 4.69) is 10.6 Å². The summed E-state index contributed by atoms with van der Waals surface area (Å²) in [5.41, 5.74) is 6.42. The van der Waals surface area contributed by atoms with Gasteiger partial charge < -0.3 is 16.4 Å². The highest BCUT2D eigenvalue weighted by Gasteiger charge is 2.51. The van der Waals surface area contributed by atoms with E-state index in [1.807, 2.05) is 0 Å². The molecule has 5 rings (SSSR count). The Bertz CT molecular complexity index is 726. The maximum atomic E-state index is 12.6. The van der Waals surface area contributed by atoms with Gasteiger partial charge in [-0.1, -0.05) is 12.1 Å². The van der Waals surface area contributed by atoms with Crippen molar-refractivity contribution < 1.29 is 9.59 Å². The number of anilines is 1. The van der Waals surface area contributed by atoms with Crippen molar-refractivity contribution in [1.29, 1.82) is 0 Å². The zero-order chi connectivity index (χ0) is 18.3. The lowest BCUT2D eigenvalue weighted by Crippen LogP contribution is -2.48. The number of carbonyl (C=O) groups excluding carboxylic acids is 2. The van der Waals surface area contributed by atoms with Crippen LogP contribution in [-0.4, -0.2) is 16.9 Å². The van der Waals surface area contributed by atoms with Crippen LogP contribution in [0.5, 0.6) is 0 Å². The highest BCUT2D eigenvalue weighted by Crippen LogP contribution is 2.61. The van der Waals surface area contributed by atoms with Gasteiger partial charge in [0.1, 0.15) is 0 Å². The maximum absolute atomic E-state index is 12.6. The number of benzene rings is 1. The fourth-order valence-electron chi connectivity index (χ4n) is 5.98. The van der Waals surface area contributed by atoms with E-state index in [9.17, 15) is 9.59 Å². The van der Waals surface area contributed by atoms with E-state index in [4.69, 9.17) is 18.0 Å². The van der Waals surface area contributed by atoms with Gasteiger partial charge in [0.2, 0.25) is 5.91 Å². The third-order valence-corrected chi connectivity index (χ3v) is 6.60. The van der Waals surface area contributed by atoms with Crippen LogP contribution >= 0.6 is 12.2 Å². The minimum atomic E-state index is -0.532. The zero-order valence-electron chi connectivity index (χ0n) is 14.8. The largest absolute Gasteiger partial charge is 0.366 e. The average molecular weight is 372 g/mol. The Morgan fingerprint density at radius 1 is 1.08 bits per heavy atom. The number of amides is 2. The van der Waals surface area contributed by atoms with E-state index in [-0.39, 0.29) is 16.4 Å². The molecule has 1 aromatic rings. The second-order valence-corrected chi connectivity index (χ2v) is 8.91. The lowest BCUT2D eigenvalue weighted by Gasteiger charge is -2.56. The van der Waals surface area contributed by atoms with Gasteiger partial charge in [0.05, 0.1) is 11.3 Å². The molecule has 1 aromatic carbocycles. The third-order valence-electron chi connectivity index (χ3n) is 6.39. The molecule has 4 saturated carbocycles. The molecule has 0 unspecified atom stereocenters. The van der Waals surface area contributed by atoms with E-state index in [1.54, 1.807) is 24.3 Å². The van der Waals surface area contributed by atoms with Crippen LogP contribution in [0.25, 0.3) is 0 Å². The van der Waals surface area contributed by atoms with Crippen molar-refractivity contribution >= 4 is 34.8 Å². The van der Waals surface area contributed by atoms with Crippen LogP contribution in [0.15, 0.2) is 24.3 Å². The first-order valence-electron chi connectivity index (χ1n) is 9.42. The summed E-state index contributed by atoms with van der Waals surface area (Å²) in [6, 6.07) is 6.87. The molecule has 0 heterocycles. The summed E-state index contributed by atoms with van der Waals surface area (Å²) in [6.45, 7) is 0. The molecule has 0 spiro atoms. The van der Waals surface area contributed by atoms with Gasteiger partial charge >= 0.3 is 0 Å². The van der Waals surface area contributed by atoms with Crippen LogP contribution in [0.3, 0.4) is 0 Å². The van der Waals surface area contributed by atoms with Crippen LogP contribution in [0.4, 0.5) is 5.69 Å². The molecule has 4 aliphatic rings. The third kappa shape index (κ3) is 3.47. The summed E-state index contributed by atoms with van der Waals surface area (Å²) in [5, 5.41) is 5.94. The average Bonchev–Trinajstić information content (AvgIpc) is 2.52.